The molecule has 13 heteroatoms. The largest absolute Gasteiger partial charge is 0.328 e. The van der Waals surface area contributed by atoms with Crippen molar-refractivity contribution in [2.24, 2.45) is 5.92 Å². The number of piperazine rings is 1. The summed E-state index contributed by atoms with van der Waals surface area (Å²) in [6.07, 6.45) is 7.67. The monoisotopic (exact) mass is 550 g/mol. The Labute approximate surface area is 210 Å². The number of nitrogens with one attached hydrogen (secondary N) is 1. The van der Waals surface area contributed by atoms with E-state index in [1.807, 2.05) is 0 Å². The van der Waals surface area contributed by atoms with Gasteiger partial charge < -0.3 is 10.2 Å². The Morgan fingerprint density at radius 3 is 2.61 bits per heavy atom. The molecule has 2 fully saturated rings. The average molecular weight is 552 g/mol. The van der Waals surface area contributed by atoms with E-state index in [-0.39, 0.29) is 39.1 Å². The minimum absolute atomic E-state index is 0.000909. The Morgan fingerprint density at radius 1 is 1.24 bits per heavy atom. The van der Waals surface area contributed by atoms with Gasteiger partial charge in [0.05, 0.1) is 11.6 Å². The van der Waals surface area contributed by atoms with Crippen molar-refractivity contribution < 1.29 is 18.0 Å². The van der Waals surface area contributed by atoms with E-state index >= 15 is 0 Å². The van der Waals surface area contributed by atoms with Gasteiger partial charge in [-0.15, -0.1) is 22.7 Å². The molecule has 1 N–H and O–H groups in total. The van der Waals surface area contributed by atoms with Crippen LogP contribution in [-0.2, 0) is 19.6 Å². The van der Waals surface area contributed by atoms with E-state index < -0.39 is 22.0 Å². The second kappa shape index (κ2) is 10.6. The molecule has 2 aromatic rings. The third-order valence-electron chi connectivity index (χ3n) is 6.06. The summed E-state index contributed by atoms with van der Waals surface area (Å²) in [5.74, 6) is -0.318. The molecular formula is C20H24Cl2N4O4S3. The van der Waals surface area contributed by atoms with Crippen LogP contribution in [0.2, 0.25) is 9.36 Å². The normalized spacial score (nSPS) is 19.6. The number of hydrogen-bond donors (Lipinski definition) is 1. The van der Waals surface area contributed by atoms with Crippen LogP contribution in [0.25, 0.3) is 0 Å². The van der Waals surface area contributed by atoms with Crippen molar-refractivity contribution in [1.82, 2.24) is 14.2 Å². The summed E-state index contributed by atoms with van der Waals surface area (Å²) < 4.78 is 27.3. The topological polar surface area (TPSA) is 99.7 Å². The van der Waals surface area contributed by atoms with Crippen molar-refractivity contribution in [3.05, 3.63) is 27.0 Å². The minimum Gasteiger partial charge on any atom is -0.328 e. The highest BCUT2D eigenvalue weighted by atomic mass is 35.5. The first-order valence-corrected chi connectivity index (χ1v) is 14.6. The van der Waals surface area contributed by atoms with Crippen molar-refractivity contribution >= 4 is 72.8 Å². The lowest BCUT2D eigenvalue weighted by molar-refractivity contribution is -0.142. The first-order valence-electron chi connectivity index (χ1n) is 10.7. The van der Waals surface area contributed by atoms with Crippen LogP contribution >= 0.6 is 45.9 Å². The maximum Gasteiger partial charge on any atom is 0.253 e. The van der Waals surface area contributed by atoms with E-state index in [0.29, 0.717) is 17.5 Å². The summed E-state index contributed by atoms with van der Waals surface area (Å²) in [6, 6.07) is 0.633. The average Bonchev–Trinajstić information content (AvgIpc) is 3.42. The molecule has 2 aromatic heterocycles. The molecule has 180 valence electrons. The van der Waals surface area contributed by atoms with E-state index in [4.69, 9.17) is 23.2 Å². The zero-order valence-corrected chi connectivity index (χ0v) is 21.7. The molecule has 1 atom stereocenters. The molecular weight excluding hydrogens is 527 g/mol. The van der Waals surface area contributed by atoms with Gasteiger partial charge in [0.15, 0.2) is 5.13 Å². The van der Waals surface area contributed by atoms with Gasteiger partial charge in [-0.05, 0) is 18.4 Å². The standard InChI is InChI=1S/C20H24Cl2N4O4S3/c21-14-11-17(32-18(14)22)33(29,30)25-7-8-26(16(27)12-25)15(10-13-4-2-1-3-5-13)19(28)24-20-23-6-9-31-20/h6,9,11,13,15H,1-5,7-8,10,12H2,(H,23,24,28)/t15-/m0/s1. The fraction of sp³-hybridized carbons (Fsp3) is 0.550. The zero-order chi connectivity index (χ0) is 23.6. The van der Waals surface area contributed by atoms with Crippen LogP contribution in [-0.4, -0.2) is 60.1 Å². The number of anilines is 1. The first kappa shape index (κ1) is 24.9. The number of thiazole rings is 1. The van der Waals surface area contributed by atoms with Gasteiger partial charge in [-0.2, -0.15) is 4.31 Å². The molecule has 0 bridgehead atoms. The highest BCUT2D eigenvalue weighted by Gasteiger charge is 2.39. The molecule has 0 radical (unpaired) electrons. The lowest BCUT2D eigenvalue weighted by Gasteiger charge is -2.39. The lowest BCUT2D eigenvalue weighted by Crippen LogP contribution is -2.58. The number of rotatable bonds is 7. The van der Waals surface area contributed by atoms with Crippen molar-refractivity contribution in [1.29, 1.82) is 0 Å². The van der Waals surface area contributed by atoms with Crippen molar-refractivity contribution in [3.8, 4) is 0 Å². The van der Waals surface area contributed by atoms with Crippen molar-refractivity contribution in [3.63, 3.8) is 0 Å². The molecule has 0 spiro atoms. The number of sulfonamides is 1. The van der Waals surface area contributed by atoms with Crippen LogP contribution in [0.3, 0.4) is 0 Å². The highest BCUT2D eigenvalue weighted by molar-refractivity contribution is 7.91. The van der Waals surface area contributed by atoms with Crippen molar-refractivity contribution in [2.45, 2.75) is 48.8 Å². The van der Waals surface area contributed by atoms with Crippen LogP contribution in [0.1, 0.15) is 38.5 Å². The zero-order valence-electron chi connectivity index (χ0n) is 17.7. The van der Waals surface area contributed by atoms with E-state index in [9.17, 15) is 18.0 Å². The molecule has 4 rings (SSSR count). The number of thiophene rings is 1. The molecule has 0 unspecified atom stereocenters. The van der Waals surface area contributed by atoms with Crippen LogP contribution in [0, 0.1) is 5.92 Å². The summed E-state index contributed by atoms with van der Waals surface area (Å²) in [7, 11) is -3.91. The van der Waals surface area contributed by atoms with Gasteiger partial charge in [-0.1, -0.05) is 55.3 Å². The van der Waals surface area contributed by atoms with Crippen LogP contribution < -0.4 is 5.32 Å². The van der Waals surface area contributed by atoms with Crippen LogP contribution in [0.15, 0.2) is 21.9 Å². The second-order valence-electron chi connectivity index (χ2n) is 8.19. The fourth-order valence-corrected chi connectivity index (χ4v) is 8.32. The Morgan fingerprint density at radius 2 is 2.00 bits per heavy atom. The van der Waals surface area contributed by atoms with E-state index in [0.717, 1.165) is 41.3 Å². The summed E-state index contributed by atoms with van der Waals surface area (Å²) in [5.41, 5.74) is 0. The third kappa shape index (κ3) is 5.71. The molecule has 1 aliphatic carbocycles. The summed E-state index contributed by atoms with van der Waals surface area (Å²) in [5, 5.41) is 5.23. The number of amides is 2. The molecule has 8 nitrogen and oxygen atoms in total. The fourth-order valence-electron chi connectivity index (χ4n) is 4.37. The SMILES string of the molecule is O=C(Nc1nccs1)[C@H](CC1CCCCC1)N1CCN(S(=O)(=O)c2cc(Cl)c(Cl)s2)CC1=O. The van der Waals surface area contributed by atoms with Gasteiger partial charge >= 0.3 is 0 Å². The van der Waals surface area contributed by atoms with Gasteiger partial charge in [0.25, 0.3) is 10.0 Å². The van der Waals surface area contributed by atoms with Gasteiger partial charge in [0.2, 0.25) is 11.8 Å². The predicted molar refractivity (Wildman–Crippen MR) is 131 cm³/mol. The molecule has 33 heavy (non-hydrogen) atoms. The molecule has 2 amide bonds. The summed E-state index contributed by atoms with van der Waals surface area (Å²) in [4.78, 5) is 31.9. The molecule has 1 saturated heterocycles. The maximum absolute atomic E-state index is 13.2. The van der Waals surface area contributed by atoms with Crippen molar-refractivity contribution in [2.75, 3.05) is 25.0 Å². The van der Waals surface area contributed by atoms with E-state index in [1.54, 1.807) is 11.6 Å². The number of aromatic nitrogens is 1. The van der Waals surface area contributed by atoms with Gasteiger partial charge in [-0.25, -0.2) is 13.4 Å². The molecule has 0 aromatic carbocycles. The van der Waals surface area contributed by atoms with Gasteiger partial charge in [-0.3, -0.25) is 9.59 Å². The van der Waals surface area contributed by atoms with Crippen LogP contribution in [0.5, 0.6) is 0 Å². The Hall–Kier alpha value is -1.24. The Bertz CT molecular complexity index is 1080. The smallest absolute Gasteiger partial charge is 0.253 e. The van der Waals surface area contributed by atoms with Crippen LogP contribution in [0.4, 0.5) is 5.13 Å². The summed E-state index contributed by atoms with van der Waals surface area (Å²) in [6.45, 7) is -0.109. The van der Waals surface area contributed by atoms with Gasteiger partial charge in [0.1, 0.15) is 14.6 Å². The third-order valence-corrected chi connectivity index (χ3v) is 10.9. The Balaban J connectivity index is 1.50. The maximum atomic E-state index is 13.2. The molecule has 3 heterocycles. The van der Waals surface area contributed by atoms with E-state index in [1.165, 1.54) is 28.7 Å². The number of halogens is 2. The lowest BCUT2D eigenvalue weighted by atomic mass is 9.84. The summed E-state index contributed by atoms with van der Waals surface area (Å²) >= 11 is 14.0. The highest BCUT2D eigenvalue weighted by Crippen LogP contribution is 2.36. The van der Waals surface area contributed by atoms with Gasteiger partial charge in [0, 0.05) is 24.7 Å². The first-order chi connectivity index (χ1) is 15.8. The van der Waals surface area contributed by atoms with E-state index in [2.05, 4.69) is 10.3 Å². The predicted octanol–water partition coefficient (Wildman–Crippen LogP) is 4.32. The number of carbonyl (C=O) groups is 2. The molecule has 2 aliphatic rings. The Kier molecular flexibility index (Phi) is 7.97. The molecule has 1 aliphatic heterocycles. The number of carbonyl (C=O) groups excluding carboxylic acids is 2. The number of nitrogens with zero attached hydrogens (tertiary/aromatic N) is 3. The quantitative estimate of drug-likeness (QED) is 0.553. The second-order valence-corrected chi connectivity index (χ2v) is 13.3. The number of hydrogen-bond acceptors (Lipinski definition) is 7. The minimum atomic E-state index is -3.91. The molecule has 1 saturated carbocycles.